The number of likely N-dealkylation sites (N-methyl/N-ethyl adjacent to an activating group) is 1. The van der Waals surface area contributed by atoms with Crippen molar-refractivity contribution in [3.05, 3.63) is 29.5 Å². The van der Waals surface area contributed by atoms with Crippen LogP contribution in [0.4, 0.5) is 10.5 Å². The van der Waals surface area contributed by atoms with E-state index in [1.807, 2.05) is 0 Å². The number of imide groups is 1. The van der Waals surface area contributed by atoms with E-state index in [-0.39, 0.29) is 18.7 Å². The van der Waals surface area contributed by atoms with E-state index in [0.29, 0.717) is 5.58 Å². The number of carbonyl (C=O) groups is 3. The Kier molecular flexibility index (Phi) is 6.40. The van der Waals surface area contributed by atoms with Crippen LogP contribution in [0.25, 0.3) is 11.0 Å². The third-order valence-corrected chi connectivity index (χ3v) is 7.59. The quantitative estimate of drug-likeness (QED) is 0.260. The molecular formula is C22H27N4O7S-. The number of hydrogen-bond donors (Lipinski definition) is 2. The number of aryl methyl sites for hydroxylation is 2. The lowest BCUT2D eigenvalue weighted by Gasteiger charge is -2.33. The Hall–Kier alpha value is -2.96. The number of fused-ring (bicyclic) bond motifs is 3. The maximum atomic E-state index is 12.7. The topological polar surface area (TPSA) is 146 Å². The Morgan fingerprint density at radius 3 is 2.65 bits per heavy atom. The lowest BCUT2D eigenvalue weighted by Crippen LogP contribution is -2.49. The Balaban J connectivity index is 1.65. The summed E-state index contributed by atoms with van der Waals surface area (Å²) < 4.78 is 31.3. The van der Waals surface area contributed by atoms with E-state index in [4.69, 9.17) is 4.42 Å². The van der Waals surface area contributed by atoms with Gasteiger partial charge >= 0.3 is 6.03 Å². The molecular weight excluding hydrogens is 464 g/mol. The van der Waals surface area contributed by atoms with Crippen molar-refractivity contribution in [2.75, 3.05) is 17.9 Å². The molecule has 2 aromatic rings. The van der Waals surface area contributed by atoms with Gasteiger partial charge in [-0.05, 0) is 51.7 Å². The zero-order valence-corrected chi connectivity index (χ0v) is 20.0. The first-order valence-corrected chi connectivity index (χ1v) is 12.1. The molecule has 1 aliphatic carbocycles. The van der Waals surface area contributed by atoms with Crippen molar-refractivity contribution in [1.82, 2.24) is 15.3 Å². The SMILES string of the molecule is CN1C(=O)N(CCC(C(=O)NO)N(c2ccc3c4c(oc3c2)CCCC4)S(=O)[O-])C(=O)C1(C)C. The summed E-state index contributed by atoms with van der Waals surface area (Å²) in [5.74, 6) is -0.564. The number of urea groups is 1. The largest absolute Gasteiger partial charge is 0.755 e. The van der Waals surface area contributed by atoms with Gasteiger partial charge in [0.2, 0.25) is 0 Å². The van der Waals surface area contributed by atoms with Crippen LogP contribution in [0.2, 0.25) is 0 Å². The van der Waals surface area contributed by atoms with E-state index in [1.165, 1.54) is 17.4 Å². The summed E-state index contributed by atoms with van der Waals surface area (Å²) in [6.45, 7) is 2.99. The van der Waals surface area contributed by atoms with Gasteiger partial charge < -0.3 is 13.9 Å². The number of anilines is 1. The molecule has 0 bridgehead atoms. The first-order chi connectivity index (χ1) is 16.1. The molecule has 12 heteroatoms. The highest BCUT2D eigenvalue weighted by Gasteiger charge is 2.49. The van der Waals surface area contributed by atoms with Crippen LogP contribution in [0.15, 0.2) is 22.6 Å². The first kappa shape index (κ1) is 24.2. The zero-order valence-electron chi connectivity index (χ0n) is 19.2. The van der Waals surface area contributed by atoms with Crippen LogP contribution >= 0.6 is 0 Å². The smallest absolute Gasteiger partial charge is 0.327 e. The molecule has 184 valence electrons. The number of carbonyl (C=O) groups excluding carboxylic acids is 3. The minimum absolute atomic E-state index is 0.164. The Morgan fingerprint density at radius 2 is 2.03 bits per heavy atom. The number of amides is 4. The van der Waals surface area contributed by atoms with Gasteiger partial charge in [-0.25, -0.2) is 10.3 Å². The molecule has 2 N–H and O–H groups in total. The van der Waals surface area contributed by atoms with Crippen LogP contribution in [0.3, 0.4) is 0 Å². The lowest BCUT2D eigenvalue weighted by molar-refractivity contribution is -0.133. The monoisotopic (exact) mass is 491 g/mol. The van der Waals surface area contributed by atoms with E-state index in [2.05, 4.69) is 0 Å². The van der Waals surface area contributed by atoms with Gasteiger partial charge in [0.1, 0.15) is 22.9 Å². The molecule has 2 atom stereocenters. The summed E-state index contributed by atoms with van der Waals surface area (Å²) in [5.41, 5.74) is 2.22. The fraction of sp³-hybridized carbons (Fsp3) is 0.500. The van der Waals surface area contributed by atoms with Gasteiger partial charge in [0.25, 0.3) is 11.8 Å². The molecule has 1 saturated heterocycles. The van der Waals surface area contributed by atoms with Crippen LogP contribution in [-0.4, -0.2) is 66.8 Å². The third-order valence-electron chi connectivity index (χ3n) is 6.80. The maximum absolute atomic E-state index is 12.7. The van der Waals surface area contributed by atoms with Crippen molar-refractivity contribution in [2.24, 2.45) is 0 Å². The molecule has 0 radical (unpaired) electrons. The van der Waals surface area contributed by atoms with Gasteiger partial charge in [0.05, 0.1) is 5.69 Å². The van der Waals surface area contributed by atoms with Gasteiger partial charge in [-0.3, -0.25) is 28.2 Å². The van der Waals surface area contributed by atoms with E-state index in [1.54, 1.807) is 32.0 Å². The number of furan rings is 1. The van der Waals surface area contributed by atoms with Gasteiger partial charge in [0.15, 0.2) is 0 Å². The maximum Gasteiger partial charge on any atom is 0.327 e. The van der Waals surface area contributed by atoms with Gasteiger partial charge in [-0.1, -0.05) is 0 Å². The third kappa shape index (κ3) is 3.95. The average Bonchev–Trinajstić information content (AvgIpc) is 3.25. The van der Waals surface area contributed by atoms with Crippen molar-refractivity contribution < 1.29 is 32.8 Å². The molecule has 1 fully saturated rings. The second kappa shape index (κ2) is 9.01. The van der Waals surface area contributed by atoms with Crippen molar-refractivity contribution in [3.8, 4) is 0 Å². The van der Waals surface area contributed by atoms with E-state index in [9.17, 15) is 28.4 Å². The predicted octanol–water partition coefficient (Wildman–Crippen LogP) is 1.85. The molecule has 4 amide bonds. The summed E-state index contributed by atoms with van der Waals surface area (Å²) in [4.78, 5) is 40.0. The van der Waals surface area contributed by atoms with Crippen molar-refractivity contribution in [2.45, 2.75) is 57.5 Å². The highest BCUT2D eigenvalue weighted by Crippen LogP contribution is 2.35. The van der Waals surface area contributed by atoms with E-state index in [0.717, 1.165) is 51.6 Å². The second-order valence-corrected chi connectivity index (χ2v) is 9.90. The Labute approximate surface area is 199 Å². The molecule has 2 unspecified atom stereocenters. The van der Waals surface area contributed by atoms with Crippen LogP contribution in [0.5, 0.6) is 0 Å². The lowest BCUT2D eigenvalue weighted by atomic mass is 9.96. The molecule has 4 rings (SSSR count). The number of hydrogen-bond acceptors (Lipinski definition) is 7. The van der Waals surface area contributed by atoms with Crippen molar-refractivity contribution in [1.29, 1.82) is 0 Å². The fourth-order valence-electron chi connectivity index (χ4n) is 4.62. The highest BCUT2D eigenvalue weighted by atomic mass is 32.2. The average molecular weight is 492 g/mol. The predicted molar refractivity (Wildman–Crippen MR) is 122 cm³/mol. The summed E-state index contributed by atoms with van der Waals surface area (Å²) >= 11 is -2.91. The van der Waals surface area contributed by atoms with Crippen LogP contribution in [0.1, 0.15) is 44.4 Å². The van der Waals surface area contributed by atoms with Crippen molar-refractivity contribution >= 4 is 45.8 Å². The van der Waals surface area contributed by atoms with Crippen LogP contribution < -0.4 is 9.79 Å². The number of nitrogens with one attached hydrogen (secondary N) is 1. The summed E-state index contributed by atoms with van der Waals surface area (Å²) in [6.07, 6.45) is 3.55. The van der Waals surface area contributed by atoms with E-state index >= 15 is 0 Å². The zero-order chi connectivity index (χ0) is 24.8. The van der Waals surface area contributed by atoms with E-state index < -0.39 is 40.7 Å². The first-order valence-electron chi connectivity index (χ1n) is 11.0. The Bertz CT molecular complexity index is 1180. The standard InChI is InChI=1S/C22H28N4O7S/c1-22(2)20(28)25(21(29)24(22)3)11-10-16(19(27)23-30)26(34(31)32)13-8-9-15-14-6-4-5-7-17(14)33-18(15)12-13/h8-9,12,16,30H,4-7,10-11H2,1-3H3,(H,23,27)(H,31,32)/p-1. The molecule has 1 aromatic carbocycles. The summed E-state index contributed by atoms with van der Waals surface area (Å²) in [7, 11) is 1.50. The molecule has 2 aliphatic rings. The molecule has 0 saturated carbocycles. The second-order valence-electron chi connectivity index (χ2n) is 9.07. The number of benzene rings is 1. The fourth-order valence-corrected chi connectivity index (χ4v) is 5.31. The molecule has 1 aliphatic heterocycles. The van der Waals surface area contributed by atoms with Crippen LogP contribution in [0, 0.1) is 0 Å². The summed E-state index contributed by atoms with van der Waals surface area (Å²) in [5, 5.41) is 10.2. The van der Waals surface area contributed by atoms with Gasteiger partial charge in [-0.2, -0.15) is 0 Å². The van der Waals surface area contributed by atoms with Gasteiger partial charge in [0, 0.05) is 48.3 Å². The Morgan fingerprint density at radius 1 is 1.32 bits per heavy atom. The minimum Gasteiger partial charge on any atom is -0.755 e. The minimum atomic E-state index is -2.91. The number of hydroxylamine groups is 1. The molecule has 1 aromatic heterocycles. The number of nitrogens with zero attached hydrogens (tertiary/aromatic N) is 3. The molecule has 0 spiro atoms. The molecule has 11 nitrogen and oxygen atoms in total. The van der Waals surface area contributed by atoms with Crippen molar-refractivity contribution in [3.63, 3.8) is 0 Å². The summed E-state index contributed by atoms with van der Waals surface area (Å²) in [6, 6.07) is 2.92. The molecule has 2 heterocycles. The molecule has 34 heavy (non-hydrogen) atoms. The van der Waals surface area contributed by atoms with Gasteiger partial charge in [-0.15, -0.1) is 0 Å². The van der Waals surface area contributed by atoms with Crippen LogP contribution in [-0.2, 0) is 33.7 Å². The highest BCUT2D eigenvalue weighted by molar-refractivity contribution is 7.80. The number of rotatable bonds is 7. The normalized spacial score (nSPS) is 19.3.